The fourth-order valence-electron chi connectivity index (χ4n) is 2.83. The second-order valence-electron chi connectivity index (χ2n) is 5.86. The molecule has 2 aromatic rings. The fourth-order valence-corrected chi connectivity index (χ4v) is 3.37. The van der Waals surface area contributed by atoms with E-state index in [1.54, 1.807) is 30.8 Å². The molecule has 0 radical (unpaired) electrons. The van der Waals surface area contributed by atoms with Crippen LogP contribution in [0.15, 0.2) is 29.1 Å². The molecule has 1 aliphatic rings. The summed E-state index contributed by atoms with van der Waals surface area (Å²) in [6.45, 7) is 6.93. The van der Waals surface area contributed by atoms with Crippen LogP contribution >= 0.6 is 11.3 Å². The van der Waals surface area contributed by atoms with Gasteiger partial charge in [0.05, 0.1) is 18.3 Å². The third-order valence-corrected chi connectivity index (χ3v) is 5.01. The normalized spacial score (nSPS) is 15.2. The molecule has 0 unspecified atom stereocenters. The van der Waals surface area contributed by atoms with E-state index >= 15 is 0 Å². The van der Waals surface area contributed by atoms with E-state index in [1.807, 2.05) is 10.3 Å². The molecule has 7 heteroatoms. The quantitative estimate of drug-likeness (QED) is 0.791. The van der Waals surface area contributed by atoms with E-state index in [4.69, 9.17) is 9.47 Å². The zero-order valence-corrected chi connectivity index (χ0v) is 15.4. The van der Waals surface area contributed by atoms with Crippen molar-refractivity contribution in [2.75, 3.05) is 39.8 Å². The van der Waals surface area contributed by atoms with Crippen LogP contribution in [0.4, 0.5) is 0 Å². The molecule has 1 saturated heterocycles. The zero-order valence-electron chi connectivity index (χ0n) is 14.6. The Kier molecular flexibility index (Phi) is 5.88. The maximum absolute atomic E-state index is 12.7. The van der Waals surface area contributed by atoms with Crippen LogP contribution in [0.25, 0.3) is 0 Å². The van der Waals surface area contributed by atoms with Crippen LogP contribution < -0.4 is 9.47 Å². The van der Waals surface area contributed by atoms with Gasteiger partial charge in [0.25, 0.3) is 5.91 Å². The highest BCUT2D eigenvalue weighted by Crippen LogP contribution is 2.29. The van der Waals surface area contributed by atoms with Gasteiger partial charge in [-0.3, -0.25) is 4.79 Å². The summed E-state index contributed by atoms with van der Waals surface area (Å²) in [6.07, 6.45) is 0. The number of carbonyl (C=O) groups is 1. The number of benzene rings is 1. The summed E-state index contributed by atoms with van der Waals surface area (Å²) in [5.74, 6) is 1.22. The third-order valence-electron chi connectivity index (χ3n) is 4.38. The highest BCUT2D eigenvalue weighted by molar-refractivity contribution is 7.07. The predicted molar refractivity (Wildman–Crippen MR) is 97.5 cm³/mol. The average Bonchev–Trinajstić information content (AvgIpc) is 3.19. The molecule has 1 amide bonds. The minimum Gasteiger partial charge on any atom is -0.493 e. The molecule has 2 heterocycles. The molecular formula is C18H23N3O3S. The number of thiazole rings is 1. The van der Waals surface area contributed by atoms with Crippen LogP contribution in [-0.2, 0) is 6.61 Å². The number of nitrogens with zero attached hydrogens (tertiary/aromatic N) is 3. The summed E-state index contributed by atoms with van der Waals surface area (Å²) < 4.78 is 11.2. The van der Waals surface area contributed by atoms with Crippen molar-refractivity contribution in [3.8, 4) is 11.5 Å². The Hall–Kier alpha value is -2.12. The molecule has 134 valence electrons. The molecule has 1 aromatic carbocycles. The van der Waals surface area contributed by atoms with Crippen LogP contribution in [0.5, 0.6) is 11.5 Å². The average molecular weight is 361 g/mol. The maximum Gasteiger partial charge on any atom is 0.254 e. The number of aromatic nitrogens is 1. The highest BCUT2D eigenvalue weighted by Gasteiger charge is 2.22. The number of carbonyl (C=O) groups excluding carboxylic acids is 1. The SMILES string of the molecule is CCN1CCN(C(=O)c2ccc(OCc3cscn3)c(OC)c2)CC1. The van der Waals surface area contributed by atoms with Crippen molar-refractivity contribution < 1.29 is 14.3 Å². The summed E-state index contributed by atoms with van der Waals surface area (Å²) in [5.41, 5.74) is 3.28. The second kappa shape index (κ2) is 8.31. The largest absolute Gasteiger partial charge is 0.493 e. The smallest absolute Gasteiger partial charge is 0.254 e. The lowest BCUT2D eigenvalue weighted by Gasteiger charge is -2.34. The predicted octanol–water partition coefficient (Wildman–Crippen LogP) is 2.51. The van der Waals surface area contributed by atoms with E-state index in [2.05, 4.69) is 16.8 Å². The first-order chi connectivity index (χ1) is 12.2. The summed E-state index contributed by atoms with van der Waals surface area (Å²) in [6, 6.07) is 5.35. The first kappa shape index (κ1) is 17.7. The molecule has 0 atom stereocenters. The molecule has 0 spiro atoms. The topological polar surface area (TPSA) is 54.9 Å². The Morgan fingerprint density at radius 3 is 2.68 bits per heavy atom. The van der Waals surface area contributed by atoms with Gasteiger partial charge >= 0.3 is 0 Å². The minimum absolute atomic E-state index is 0.0418. The number of methoxy groups -OCH3 is 1. The number of likely N-dealkylation sites (N-methyl/N-ethyl adjacent to an activating group) is 1. The number of hydrogen-bond donors (Lipinski definition) is 0. The summed E-state index contributed by atoms with van der Waals surface area (Å²) in [5, 5.41) is 1.94. The van der Waals surface area contributed by atoms with Crippen molar-refractivity contribution >= 4 is 17.2 Å². The van der Waals surface area contributed by atoms with Gasteiger partial charge in [0.1, 0.15) is 6.61 Å². The van der Waals surface area contributed by atoms with E-state index in [9.17, 15) is 4.79 Å². The van der Waals surface area contributed by atoms with Gasteiger partial charge in [-0.2, -0.15) is 0 Å². The van der Waals surface area contributed by atoms with Crippen LogP contribution in [-0.4, -0.2) is 60.5 Å². The molecule has 1 aromatic heterocycles. The van der Waals surface area contributed by atoms with Crippen molar-refractivity contribution in [2.45, 2.75) is 13.5 Å². The number of amides is 1. The third kappa shape index (κ3) is 4.29. The van der Waals surface area contributed by atoms with E-state index in [0.717, 1.165) is 38.4 Å². The molecule has 3 rings (SSSR count). The molecule has 1 fully saturated rings. The van der Waals surface area contributed by atoms with Gasteiger partial charge in [0, 0.05) is 37.1 Å². The molecule has 1 aliphatic heterocycles. The lowest BCUT2D eigenvalue weighted by Crippen LogP contribution is -2.48. The van der Waals surface area contributed by atoms with Crippen LogP contribution in [0.1, 0.15) is 23.0 Å². The number of hydrogen-bond acceptors (Lipinski definition) is 6. The Bertz CT molecular complexity index is 698. The van der Waals surface area contributed by atoms with Crippen molar-refractivity contribution in [3.05, 3.63) is 40.3 Å². The van der Waals surface area contributed by atoms with Crippen LogP contribution in [0.2, 0.25) is 0 Å². The van der Waals surface area contributed by atoms with Gasteiger partial charge in [-0.25, -0.2) is 4.98 Å². The van der Waals surface area contributed by atoms with Gasteiger partial charge in [0.2, 0.25) is 0 Å². The molecule has 6 nitrogen and oxygen atoms in total. The highest BCUT2D eigenvalue weighted by atomic mass is 32.1. The molecule has 0 aliphatic carbocycles. The van der Waals surface area contributed by atoms with Crippen LogP contribution in [0.3, 0.4) is 0 Å². The van der Waals surface area contributed by atoms with Gasteiger partial charge in [-0.1, -0.05) is 6.92 Å². The van der Waals surface area contributed by atoms with Gasteiger partial charge in [0.15, 0.2) is 11.5 Å². The standard InChI is InChI=1S/C18H23N3O3S/c1-3-20-6-8-21(9-7-20)18(22)14-4-5-16(17(10-14)23-2)24-11-15-12-25-13-19-15/h4-5,10,12-13H,3,6-9,11H2,1-2H3. The Labute approximate surface area is 152 Å². The van der Waals surface area contributed by atoms with Gasteiger partial charge < -0.3 is 19.3 Å². The van der Waals surface area contributed by atoms with E-state index in [0.29, 0.717) is 23.7 Å². The lowest BCUT2D eigenvalue weighted by molar-refractivity contribution is 0.0643. The van der Waals surface area contributed by atoms with Crippen molar-refractivity contribution in [1.29, 1.82) is 0 Å². The summed E-state index contributed by atoms with van der Waals surface area (Å²) >= 11 is 1.53. The first-order valence-corrected chi connectivity index (χ1v) is 9.35. The summed E-state index contributed by atoms with van der Waals surface area (Å²) in [7, 11) is 1.58. The second-order valence-corrected chi connectivity index (χ2v) is 6.58. The van der Waals surface area contributed by atoms with E-state index in [-0.39, 0.29) is 5.91 Å². The molecule has 25 heavy (non-hydrogen) atoms. The van der Waals surface area contributed by atoms with Gasteiger partial charge in [-0.05, 0) is 24.7 Å². The van der Waals surface area contributed by atoms with Crippen molar-refractivity contribution in [1.82, 2.24) is 14.8 Å². The number of ether oxygens (including phenoxy) is 2. The maximum atomic E-state index is 12.7. The Morgan fingerprint density at radius 2 is 2.04 bits per heavy atom. The number of piperazine rings is 1. The molecular weight excluding hydrogens is 338 g/mol. The van der Waals surface area contributed by atoms with Crippen molar-refractivity contribution in [3.63, 3.8) is 0 Å². The first-order valence-electron chi connectivity index (χ1n) is 8.40. The lowest BCUT2D eigenvalue weighted by atomic mass is 10.1. The van der Waals surface area contributed by atoms with Crippen molar-refractivity contribution in [2.24, 2.45) is 0 Å². The zero-order chi connectivity index (χ0) is 17.6. The monoisotopic (exact) mass is 361 g/mol. The van der Waals surface area contributed by atoms with Crippen LogP contribution in [0, 0.1) is 0 Å². The summed E-state index contributed by atoms with van der Waals surface area (Å²) in [4.78, 5) is 21.2. The Balaban J connectivity index is 1.67. The fraction of sp³-hybridized carbons (Fsp3) is 0.444. The van der Waals surface area contributed by atoms with Gasteiger partial charge in [-0.15, -0.1) is 11.3 Å². The molecule has 0 saturated carbocycles. The van der Waals surface area contributed by atoms with E-state index in [1.165, 1.54) is 11.3 Å². The molecule has 0 N–H and O–H groups in total. The Morgan fingerprint density at radius 1 is 1.24 bits per heavy atom. The van der Waals surface area contributed by atoms with E-state index < -0.39 is 0 Å². The minimum atomic E-state index is 0.0418. The number of rotatable bonds is 6. The molecule has 0 bridgehead atoms.